The smallest absolute Gasteiger partial charge is 0.161 e. The van der Waals surface area contributed by atoms with Crippen molar-refractivity contribution in [3.8, 4) is 5.75 Å². The third-order valence-corrected chi connectivity index (χ3v) is 3.21. The van der Waals surface area contributed by atoms with Crippen LogP contribution in [0.1, 0.15) is 30.8 Å². The van der Waals surface area contributed by atoms with Gasteiger partial charge in [-0.25, -0.2) is 4.98 Å². The summed E-state index contributed by atoms with van der Waals surface area (Å²) in [5.41, 5.74) is 2.12. The predicted octanol–water partition coefficient (Wildman–Crippen LogP) is 1.34. The maximum Gasteiger partial charge on any atom is 0.161 e. The summed E-state index contributed by atoms with van der Waals surface area (Å²) in [5, 5.41) is 7.73. The number of nitrogens with zero attached hydrogens (tertiary/aromatic N) is 4. The molecule has 1 N–H and O–H groups in total. The van der Waals surface area contributed by atoms with Crippen molar-refractivity contribution in [2.75, 3.05) is 14.2 Å². The predicted molar refractivity (Wildman–Crippen MR) is 73.2 cm³/mol. The summed E-state index contributed by atoms with van der Waals surface area (Å²) in [5.74, 6) is 0.800. The molecule has 0 saturated carbocycles. The Labute approximate surface area is 113 Å². The molecule has 0 bridgehead atoms. The van der Waals surface area contributed by atoms with E-state index in [9.17, 15) is 0 Å². The van der Waals surface area contributed by atoms with Gasteiger partial charge >= 0.3 is 0 Å². The van der Waals surface area contributed by atoms with Crippen molar-refractivity contribution < 1.29 is 4.74 Å². The Balaban J connectivity index is 2.48. The van der Waals surface area contributed by atoms with Crippen LogP contribution < -0.4 is 10.1 Å². The Bertz CT molecular complexity index is 531. The van der Waals surface area contributed by atoms with Gasteiger partial charge in [-0.15, -0.1) is 0 Å². The standard InChI is InChI=1S/C13H21N5O/c1-5-6-18-13(11(19-4)8-16-18)12(14-2)10-7-15-9-17(10)3/h7-9,12,14H,5-6H2,1-4H3. The molecule has 2 aromatic heterocycles. The van der Waals surface area contributed by atoms with Crippen molar-refractivity contribution in [2.24, 2.45) is 7.05 Å². The molecule has 0 aliphatic heterocycles. The minimum atomic E-state index is 0.0106. The Morgan fingerprint density at radius 2 is 2.21 bits per heavy atom. The van der Waals surface area contributed by atoms with E-state index in [0.717, 1.165) is 30.1 Å². The largest absolute Gasteiger partial charge is 0.493 e. The van der Waals surface area contributed by atoms with Crippen molar-refractivity contribution in [1.82, 2.24) is 24.6 Å². The van der Waals surface area contributed by atoms with Gasteiger partial charge in [-0.05, 0) is 13.5 Å². The average Bonchev–Trinajstić information content (AvgIpc) is 3.00. The van der Waals surface area contributed by atoms with Gasteiger partial charge in [0.15, 0.2) is 5.75 Å². The number of aryl methyl sites for hydroxylation is 2. The monoisotopic (exact) mass is 263 g/mol. The summed E-state index contributed by atoms with van der Waals surface area (Å²) in [4.78, 5) is 4.18. The zero-order valence-corrected chi connectivity index (χ0v) is 11.9. The number of hydrogen-bond acceptors (Lipinski definition) is 4. The molecule has 2 rings (SSSR count). The second-order valence-electron chi connectivity index (χ2n) is 4.47. The Morgan fingerprint density at radius 1 is 1.42 bits per heavy atom. The molecule has 1 unspecified atom stereocenters. The number of ether oxygens (including phenoxy) is 1. The molecule has 2 aromatic rings. The molecule has 6 nitrogen and oxygen atoms in total. The molecule has 0 spiro atoms. The quantitative estimate of drug-likeness (QED) is 0.854. The SMILES string of the molecule is CCCn1ncc(OC)c1C(NC)c1cncn1C. The number of imidazole rings is 1. The van der Waals surface area contributed by atoms with Crippen LogP contribution in [-0.4, -0.2) is 33.5 Å². The first-order valence-corrected chi connectivity index (χ1v) is 6.46. The van der Waals surface area contributed by atoms with Gasteiger partial charge in [0.1, 0.15) is 5.69 Å². The molecule has 104 valence electrons. The van der Waals surface area contributed by atoms with Crippen LogP contribution in [0.4, 0.5) is 0 Å². The van der Waals surface area contributed by atoms with Gasteiger partial charge in [0.25, 0.3) is 0 Å². The molecule has 1 atom stereocenters. The number of nitrogens with one attached hydrogen (secondary N) is 1. The first-order valence-electron chi connectivity index (χ1n) is 6.46. The fourth-order valence-electron chi connectivity index (χ4n) is 2.29. The number of aromatic nitrogens is 4. The maximum atomic E-state index is 5.44. The summed E-state index contributed by atoms with van der Waals surface area (Å²) in [6.07, 6.45) is 6.46. The van der Waals surface area contributed by atoms with Crippen LogP contribution in [0, 0.1) is 0 Å². The van der Waals surface area contributed by atoms with Gasteiger partial charge in [-0.3, -0.25) is 4.68 Å². The second kappa shape index (κ2) is 5.88. The summed E-state index contributed by atoms with van der Waals surface area (Å²) in [7, 11) is 5.59. The fourth-order valence-corrected chi connectivity index (χ4v) is 2.29. The summed E-state index contributed by atoms with van der Waals surface area (Å²) in [6.45, 7) is 3.01. The highest BCUT2D eigenvalue weighted by Gasteiger charge is 2.24. The topological polar surface area (TPSA) is 56.9 Å². The van der Waals surface area contributed by atoms with Crippen LogP contribution in [0.2, 0.25) is 0 Å². The minimum absolute atomic E-state index is 0.0106. The molecule has 0 saturated heterocycles. The van der Waals surface area contributed by atoms with Crippen molar-refractivity contribution >= 4 is 0 Å². The third-order valence-electron chi connectivity index (χ3n) is 3.21. The molecule has 2 heterocycles. The van der Waals surface area contributed by atoms with E-state index in [1.165, 1.54) is 0 Å². The normalized spacial score (nSPS) is 12.6. The third kappa shape index (κ3) is 2.49. The lowest BCUT2D eigenvalue weighted by Gasteiger charge is -2.19. The van der Waals surface area contributed by atoms with Crippen LogP contribution >= 0.6 is 0 Å². The van der Waals surface area contributed by atoms with Crippen LogP contribution in [0.3, 0.4) is 0 Å². The molecule has 0 aromatic carbocycles. The highest BCUT2D eigenvalue weighted by atomic mass is 16.5. The Morgan fingerprint density at radius 3 is 2.74 bits per heavy atom. The molecular formula is C13H21N5O. The van der Waals surface area contributed by atoms with Gasteiger partial charge in [0.2, 0.25) is 0 Å². The van der Waals surface area contributed by atoms with E-state index in [2.05, 4.69) is 22.3 Å². The summed E-state index contributed by atoms with van der Waals surface area (Å²) >= 11 is 0. The van der Waals surface area contributed by atoms with E-state index in [-0.39, 0.29) is 6.04 Å². The van der Waals surface area contributed by atoms with E-state index >= 15 is 0 Å². The zero-order valence-electron chi connectivity index (χ0n) is 11.9. The lowest BCUT2D eigenvalue weighted by atomic mass is 10.1. The lowest BCUT2D eigenvalue weighted by Crippen LogP contribution is -2.24. The van der Waals surface area contributed by atoms with Crippen LogP contribution in [0.25, 0.3) is 0 Å². The molecule has 0 radical (unpaired) electrons. The van der Waals surface area contributed by atoms with E-state index < -0.39 is 0 Å². The molecule has 0 fully saturated rings. The molecule has 19 heavy (non-hydrogen) atoms. The fraction of sp³-hybridized carbons (Fsp3) is 0.538. The van der Waals surface area contributed by atoms with Crippen molar-refractivity contribution in [2.45, 2.75) is 25.9 Å². The number of rotatable bonds is 6. The average molecular weight is 263 g/mol. The minimum Gasteiger partial charge on any atom is -0.493 e. The van der Waals surface area contributed by atoms with Crippen molar-refractivity contribution in [3.05, 3.63) is 30.1 Å². The molecule has 0 aliphatic carbocycles. The van der Waals surface area contributed by atoms with Gasteiger partial charge < -0.3 is 14.6 Å². The van der Waals surface area contributed by atoms with Crippen LogP contribution in [0.15, 0.2) is 18.7 Å². The zero-order chi connectivity index (χ0) is 13.8. The second-order valence-corrected chi connectivity index (χ2v) is 4.47. The molecular weight excluding hydrogens is 242 g/mol. The van der Waals surface area contributed by atoms with Crippen molar-refractivity contribution in [1.29, 1.82) is 0 Å². The Hall–Kier alpha value is -1.82. The van der Waals surface area contributed by atoms with Gasteiger partial charge in [0.05, 0.1) is 37.6 Å². The highest BCUT2D eigenvalue weighted by molar-refractivity contribution is 5.33. The van der Waals surface area contributed by atoms with E-state index in [4.69, 9.17) is 4.74 Å². The highest BCUT2D eigenvalue weighted by Crippen LogP contribution is 2.29. The van der Waals surface area contributed by atoms with Crippen LogP contribution in [0.5, 0.6) is 5.75 Å². The Kier molecular flexibility index (Phi) is 4.21. The first kappa shape index (κ1) is 13.6. The molecule has 0 amide bonds. The lowest BCUT2D eigenvalue weighted by molar-refractivity contribution is 0.398. The first-order chi connectivity index (χ1) is 9.22. The molecule has 6 heteroatoms. The van der Waals surface area contributed by atoms with E-state index in [1.54, 1.807) is 19.6 Å². The van der Waals surface area contributed by atoms with Gasteiger partial charge in [-0.2, -0.15) is 5.10 Å². The van der Waals surface area contributed by atoms with Gasteiger partial charge in [0, 0.05) is 13.6 Å². The van der Waals surface area contributed by atoms with Crippen LogP contribution in [-0.2, 0) is 13.6 Å². The summed E-state index contributed by atoms with van der Waals surface area (Å²) in [6, 6.07) is 0.0106. The molecule has 0 aliphatic rings. The van der Waals surface area contributed by atoms with Gasteiger partial charge in [-0.1, -0.05) is 6.92 Å². The number of hydrogen-bond donors (Lipinski definition) is 1. The van der Waals surface area contributed by atoms with E-state index in [1.807, 2.05) is 29.5 Å². The number of methoxy groups -OCH3 is 1. The maximum absolute atomic E-state index is 5.44. The van der Waals surface area contributed by atoms with Crippen molar-refractivity contribution in [3.63, 3.8) is 0 Å². The summed E-state index contributed by atoms with van der Waals surface area (Å²) < 4.78 is 9.44. The van der Waals surface area contributed by atoms with E-state index in [0.29, 0.717) is 0 Å².